The summed E-state index contributed by atoms with van der Waals surface area (Å²) >= 11 is 0. The standard InChI is InChI=1S/C94H173O25P/c1-5-9-13-17-21-25-29-33-37-41-43-46-50-54-58-62-66-77(96)110-71-74(113-79(98)68-64-60-56-52-48-44-39-35-31-27-23-19-15-11-7-3)72-112-120(108,109)119-92-90(117-93-87(106)83(102)81(100)75(70-95)114-93)86(105)85(104)89(116-80(99)69-65-61-57-53-49-45-40-36-32-28-24-20-16-12-8-4)91(92)118-94-88(107)84(103)82(101)76(115-94)73-111-78(97)67-63-59-55-51-47-42-38-34-30-26-22-18-14-10-6-2/h27-28,31-32,74-76,81-95,100-107H,5-26,29-30,33-73H2,1-4H3,(H,108,109)/b31-27-,32-28-. The third-order valence-corrected chi connectivity index (χ3v) is 24.7. The maximum Gasteiger partial charge on any atom is 0.472 e. The van der Waals surface area contributed by atoms with E-state index >= 15 is 0 Å². The number of rotatable bonds is 79. The lowest BCUT2D eigenvalue weighted by molar-refractivity contribution is -0.360. The molecule has 10 N–H and O–H groups in total. The molecule has 0 aromatic carbocycles. The largest absolute Gasteiger partial charge is 0.472 e. The minimum absolute atomic E-state index is 0.0171. The molecule has 1 saturated carbocycles. The van der Waals surface area contributed by atoms with Gasteiger partial charge in [0.05, 0.1) is 13.2 Å². The highest BCUT2D eigenvalue weighted by atomic mass is 31.2. The molecule has 2 heterocycles. The molecule has 0 radical (unpaired) electrons. The molecule has 1 aliphatic carbocycles. The van der Waals surface area contributed by atoms with Crippen molar-refractivity contribution < 1.29 is 122 Å². The molecule has 704 valence electrons. The first-order valence-electron chi connectivity index (χ1n) is 48.6. The van der Waals surface area contributed by atoms with Gasteiger partial charge in [-0.25, -0.2) is 4.57 Å². The molecular formula is C94H173O25P. The third-order valence-electron chi connectivity index (χ3n) is 23.7. The lowest BCUT2D eigenvalue weighted by Crippen LogP contribution is -2.70. The molecule has 0 spiro atoms. The topological polar surface area (TPSA) is 380 Å². The van der Waals surface area contributed by atoms with Gasteiger partial charge in [0.2, 0.25) is 0 Å². The Morgan fingerprint density at radius 2 is 0.625 bits per heavy atom. The minimum atomic E-state index is -5.81. The van der Waals surface area contributed by atoms with Crippen molar-refractivity contribution in [2.24, 2.45) is 0 Å². The van der Waals surface area contributed by atoms with Gasteiger partial charge in [-0.15, -0.1) is 0 Å². The summed E-state index contributed by atoms with van der Waals surface area (Å²) in [5.41, 5.74) is 0. The van der Waals surface area contributed by atoms with Gasteiger partial charge in [0.25, 0.3) is 0 Å². The average molecular weight is 1730 g/mol. The van der Waals surface area contributed by atoms with E-state index in [9.17, 15) is 74.6 Å². The number of carbonyl (C=O) groups excluding carboxylic acids is 4. The number of ether oxygens (including phenoxy) is 8. The highest BCUT2D eigenvalue weighted by molar-refractivity contribution is 7.47. The molecule has 0 aromatic rings. The number of carbonyl (C=O) groups is 4. The minimum Gasteiger partial charge on any atom is -0.463 e. The number of phosphoric acid groups is 1. The number of phosphoric ester groups is 1. The number of unbranched alkanes of at least 4 members (excludes halogenated alkanes) is 51. The summed E-state index contributed by atoms with van der Waals surface area (Å²) in [6.45, 7) is 5.60. The van der Waals surface area contributed by atoms with Crippen LogP contribution in [0.5, 0.6) is 0 Å². The van der Waals surface area contributed by atoms with Gasteiger partial charge in [-0.1, -0.05) is 341 Å². The number of hydrogen-bond donors (Lipinski definition) is 10. The highest BCUT2D eigenvalue weighted by Gasteiger charge is 2.60. The summed E-state index contributed by atoms with van der Waals surface area (Å²) in [5, 5.41) is 102. The quantitative estimate of drug-likeness (QED) is 0.00889. The molecule has 0 amide bonds. The first-order valence-corrected chi connectivity index (χ1v) is 50.1. The van der Waals surface area contributed by atoms with Crippen LogP contribution >= 0.6 is 7.82 Å². The molecule has 18 unspecified atom stereocenters. The number of allylic oxidation sites excluding steroid dienone is 4. The van der Waals surface area contributed by atoms with Crippen molar-refractivity contribution in [2.75, 3.05) is 26.4 Å². The summed E-state index contributed by atoms with van der Waals surface area (Å²) < 4.78 is 73.5. The molecule has 26 heteroatoms. The second-order valence-electron chi connectivity index (χ2n) is 34.6. The molecule has 3 rings (SSSR count). The van der Waals surface area contributed by atoms with Crippen molar-refractivity contribution in [3.05, 3.63) is 24.3 Å². The van der Waals surface area contributed by atoms with Crippen LogP contribution in [0.4, 0.5) is 0 Å². The molecule has 0 bridgehead atoms. The fourth-order valence-corrected chi connectivity index (χ4v) is 16.9. The second-order valence-corrected chi connectivity index (χ2v) is 36.0. The maximum atomic E-state index is 14.9. The summed E-state index contributed by atoms with van der Waals surface area (Å²) in [5.74, 6) is -2.96. The van der Waals surface area contributed by atoms with Gasteiger partial charge in [0.1, 0.15) is 92.6 Å². The second kappa shape index (κ2) is 72.9. The van der Waals surface area contributed by atoms with E-state index in [-0.39, 0.29) is 25.7 Å². The molecule has 18 atom stereocenters. The number of aliphatic hydroxyl groups excluding tert-OH is 9. The molecule has 2 saturated heterocycles. The first kappa shape index (κ1) is 111. The predicted molar refractivity (Wildman–Crippen MR) is 467 cm³/mol. The van der Waals surface area contributed by atoms with Gasteiger partial charge in [-0.3, -0.25) is 28.2 Å². The van der Waals surface area contributed by atoms with E-state index in [0.29, 0.717) is 38.5 Å². The Balaban J connectivity index is 1.90. The zero-order valence-electron chi connectivity index (χ0n) is 75.1. The Kier molecular flexibility index (Phi) is 67.5. The van der Waals surface area contributed by atoms with E-state index < -0.39 is 162 Å². The molecule has 0 aromatic heterocycles. The Morgan fingerprint density at radius 1 is 0.325 bits per heavy atom. The Hall–Kier alpha value is -3.05. The zero-order valence-corrected chi connectivity index (χ0v) is 76.0. The van der Waals surface area contributed by atoms with Crippen molar-refractivity contribution in [1.82, 2.24) is 0 Å². The summed E-state index contributed by atoms with van der Waals surface area (Å²) in [6.07, 6.45) is 34.3. The first-order chi connectivity index (χ1) is 58.2. The molecule has 120 heavy (non-hydrogen) atoms. The van der Waals surface area contributed by atoms with Gasteiger partial charge >= 0.3 is 31.7 Å². The lowest BCUT2D eigenvalue weighted by atomic mass is 9.84. The molecule has 25 nitrogen and oxygen atoms in total. The Morgan fingerprint density at radius 3 is 1.00 bits per heavy atom. The monoisotopic (exact) mass is 1730 g/mol. The highest BCUT2D eigenvalue weighted by Crippen LogP contribution is 2.49. The van der Waals surface area contributed by atoms with Crippen LogP contribution in [-0.4, -0.2) is 205 Å². The van der Waals surface area contributed by atoms with Crippen molar-refractivity contribution in [1.29, 1.82) is 0 Å². The maximum absolute atomic E-state index is 14.9. The number of esters is 4. The van der Waals surface area contributed by atoms with Crippen LogP contribution in [0.3, 0.4) is 0 Å². The average Bonchev–Trinajstić information content (AvgIpc) is 0.754. The van der Waals surface area contributed by atoms with E-state index in [1.807, 2.05) is 0 Å². The van der Waals surface area contributed by atoms with Crippen molar-refractivity contribution in [3.8, 4) is 0 Å². The van der Waals surface area contributed by atoms with Gasteiger partial charge in [-0.05, 0) is 77.0 Å². The third kappa shape index (κ3) is 52.3. The smallest absolute Gasteiger partial charge is 0.463 e. The van der Waals surface area contributed by atoms with Gasteiger partial charge in [0.15, 0.2) is 24.8 Å². The predicted octanol–water partition coefficient (Wildman–Crippen LogP) is 18.5. The normalized spacial score (nSPS) is 24.8. The van der Waals surface area contributed by atoms with Crippen LogP contribution in [-0.2, 0) is 70.7 Å². The van der Waals surface area contributed by atoms with E-state index in [1.165, 1.54) is 173 Å². The van der Waals surface area contributed by atoms with Crippen LogP contribution < -0.4 is 0 Å². The van der Waals surface area contributed by atoms with Gasteiger partial charge < -0.3 is 88.7 Å². The SMILES string of the molecule is CCCCCC/C=C\CCCCCCCCCC(=O)OC(COC(=O)CCCCCCCCCCCCCCCCCC)COP(=O)(O)OC1C(OC2OC(CO)C(O)C(O)C2O)C(O)C(O)C(OC(=O)CCCCCCCCC/C=C\CCCCCC)C1OC1OC(COC(=O)CCCCCCCCCCCCCCCCC)C(O)C(O)C1O. The number of hydrogen-bond acceptors (Lipinski definition) is 24. The van der Waals surface area contributed by atoms with Crippen LogP contribution in [0.1, 0.15) is 419 Å². The van der Waals surface area contributed by atoms with Crippen LogP contribution in [0.25, 0.3) is 0 Å². The Labute approximate surface area is 724 Å². The molecule has 3 fully saturated rings. The van der Waals surface area contributed by atoms with Crippen molar-refractivity contribution in [2.45, 2.75) is 524 Å². The molecule has 2 aliphatic heterocycles. The van der Waals surface area contributed by atoms with E-state index in [1.54, 1.807) is 0 Å². The van der Waals surface area contributed by atoms with Crippen molar-refractivity contribution in [3.63, 3.8) is 0 Å². The fourth-order valence-electron chi connectivity index (χ4n) is 16.0. The van der Waals surface area contributed by atoms with Crippen LogP contribution in [0, 0.1) is 0 Å². The lowest BCUT2D eigenvalue weighted by Gasteiger charge is -2.50. The van der Waals surface area contributed by atoms with E-state index in [4.69, 9.17) is 46.9 Å². The van der Waals surface area contributed by atoms with Crippen LogP contribution in [0.2, 0.25) is 0 Å². The molecule has 3 aliphatic rings. The molecular weight excluding hydrogens is 1560 g/mol. The van der Waals surface area contributed by atoms with Gasteiger partial charge in [-0.2, -0.15) is 0 Å². The summed E-state index contributed by atoms with van der Waals surface area (Å²) in [6, 6.07) is 0. The zero-order chi connectivity index (χ0) is 87.5. The van der Waals surface area contributed by atoms with E-state index in [2.05, 4.69) is 52.0 Å². The summed E-state index contributed by atoms with van der Waals surface area (Å²) in [7, 11) is -5.81. The Bertz CT molecular complexity index is 2580. The fraction of sp³-hybridized carbons (Fsp3) is 0.915. The van der Waals surface area contributed by atoms with Crippen LogP contribution in [0.15, 0.2) is 24.3 Å². The van der Waals surface area contributed by atoms with Gasteiger partial charge in [0, 0.05) is 25.7 Å². The van der Waals surface area contributed by atoms with Crippen molar-refractivity contribution >= 4 is 31.7 Å². The summed E-state index contributed by atoms with van der Waals surface area (Å²) in [4.78, 5) is 66.6. The number of aliphatic hydroxyl groups is 9. The van der Waals surface area contributed by atoms with E-state index in [0.717, 1.165) is 154 Å².